The fraction of sp³-hybridized carbons (Fsp3) is 0.111. The average Bonchev–Trinajstić information content (AvgIpc) is 3.05. The van der Waals surface area contributed by atoms with Gasteiger partial charge in [0, 0.05) is 23.7 Å². The summed E-state index contributed by atoms with van der Waals surface area (Å²) in [5, 5.41) is 3.62. The van der Waals surface area contributed by atoms with Gasteiger partial charge in [0.15, 0.2) is 23.2 Å². The highest BCUT2D eigenvalue weighted by atomic mass is 19.1. The number of aliphatic imine (C=N–C) groups is 1. The molecule has 0 saturated heterocycles. The molecule has 2 aromatic heterocycles. The van der Waals surface area contributed by atoms with Crippen LogP contribution in [0, 0.1) is 5.82 Å². The third-order valence-electron chi connectivity index (χ3n) is 4.10. The Morgan fingerprint density at radius 1 is 1.19 bits per heavy atom. The number of hydrogen-bond acceptors (Lipinski definition) is 6. The van der Waals surface area contributed by atoms with E-state index in [-0.39, 0.29) is 11.7 Å². The number of halogens is 1. The molecule has 7 nitrogen and oxygen atoms in total. The molecule has 6 N–H and O–H groups in total. The monoisotopic (exact) mass is 352 g/mol. The number of hydrogen-bond donors (Lipinski definition) is 4. The molecule has 0 saturated carbocycles. The van der Waals surface area contributed by atoms with Gasteiger partial charge in [-0.25, -0.2) is 14.4 Å². The molecule has 132 valence electrons. The van der Waals surface area contributed by atoms with Gasteiger partial charge < -0.3 is 20.8 Å². The molecular weight excluding hydrogens is 335 g/mol. The normalized spacial score (nSPS) is 19.7. The minimum Gasteiger partial charge on any atom is -0.453 e. The standard InChI is InChI=1S/C18H17FN6O/c1-10-9-18(21,25-17(20)24-10)11-2-3-15(13(19)8-11)26-14-5-7-23-16-12(14)4-6-22-16/h2-9H,21H2,1H3,(H,22,23)(H3,20,24,25). The molecule has 0 radical (unpaired) electrons. The van der Waals surface area contributed by atoms with Gasteiger partial charge in [-0.1, -0.05) is 6.07 Å². The van der Waals surface area contributed by atoms with Crippen LogP contribution in [0.3, 0.4) is 0 Å². The summed E-state index contributed by atoms with van der Waals surface area (Å²) in [6.45, 7) is 1.81. The molecule has 1 atom stereocenters. The number of aromatic amines is 1. The van der Waals surface area contributed by atoms with Gasteiger partial charge in [-0.05, 0) is 37.3 Å². The van der Waals surface area contributed by atoms with E-state index in [0.29, 0.717) is 17.0 Å². The molecule has 0 amide bonds. The molecule has 0 fully saturated rings. The average molecular weight is 352 g/mol. The van der Waals surface area contributed by atoms with Crippen LogP contribution >= 0.6 is 0 Å². The third-order valence-corrected chi connectivity index (χ3v) is 4.10. The summed E-state index contributed by atoms with van der Waals surface area (Å²) < 4.78 is 20.4. The molecule has 1 unspecified atom stereocenters. The van der Waals surface area contributed by atoms with Crippen molar-refractivity contribution in [2.45, 2.75) is 12.6 Å². The lowest BCUT2D eigenvalue weighted by Gasteiger charge is -2.28. The van der Waals surface area contributed by atoms with Crippen molar-refractivity contribution >= 4 is 17.0 Å². The number of fused-ring (bicyclic) bond motifs is 1. The molecule has 1 aromatic carbocycles. The maximum absolute atomic E-state index is 14.7. The van der Waals surface area contributed by atoms with E-state index in [1.165, 1.54) is 12.1 Å². The second kappa shape index (κ2) is 5.85. The minimum absolute atomic E-state index is 0.0811. The smallest absolute Gasteiger partial charge is 0.195 e. The summed E-state index contributed by atoms with van der Waals surface area (Å²) >= 11 is 0. The number of allylic oxidation sites excluding steroid dienone is 1. The van der Waals surface area contributed by atoms with Gasteiger partial charge >= 0.3 is 0 Å². The van der Waals surface area contributed by atoms with Crippen molar-refractivity contribution in [3.63, 3.8) is 0 Å². The van der Waals surface area contributed by atoms with Crippen LogP contribution in [0.4, 0.5) is 4.39 Å². The number of pyridine rings is 1. The lowest BCUT2D eigenvalue weighted by molar-refractivity contribution is 0.443. The van der Waals surface area contributed by atoms with E-state index in [1.54, 1.807) is 30.6 Å². The maximum Gasteiger partial charge on any atom is 0.195 e. The Kier molecular flexibility index (Phi) is 3.62. The molecule has 1 aliphatic rings. The molecule has 26 heavy (non-hydrogen) atoms. The first-order valence-corrected chi connectivity index (χ1v) is 7.95. The molecule has 3 heterocycles. The van der Waals surface area contributed by atoms with Crippen molar-refractivity contribution < 1.29 is 9.13 Å². The number of nitrogens with one attached hydrogen (secondary N) is 2. The molecule has 0 spiro atoms. The van der Waals surface area contributed by atoms with Crippen molar-refractivity contribution in [1.29, 1.82) is 0 Å². The fourth-order valence-electron chi connectivity index (χ4n) is 2.95. The third kappa shape index (κ3) is 2.76. The van der Waals surface area contributed by atoms with Gasteiger partial charge in [0.1, 0.15) is 11.4 Å². The van der Waals surface area contributed by atoms with E-state index in [1.807, 2.05) is 13.0 Å². The van der Waals surface area contributed by atoms with Crippen LogP contribution in [0.15, 0.2) is 59.5 Å². The summed E-state index contributed by atoms with van der Waals surface area (Å²) in [4.78, 5) is 11.4. The summed E-state index contributed by atoms with van der Waals surface area (Å²) in [7, 11) is 0. The topological polar surface area (TPSA) is 114 Å². The van der Waals surface area contributed by atoms with Crippen LogP contribution in [0.25, 0.3) is 11.0 Å². The molecule has 0 aliphatic carbocycles. The Balaban J connectivity index is 1.69. The number of guanidine groups is 1. The Labute approximate surface area is 148 Å². The lowest BCUT2D eigenvalue weighted by atomic mass is 9.98. The van der Waals surface area contributed by atoms with E-state index in [4.69, 9.17) is 16.2 Å². The van der Waals surface area contributed by atoms with Gasteiger partial charge in [0.2, 0.25) is 0 Å². The van der Waals surface area contributed by atoms with E-state index in [2.05, 4.69) is 20.3 Å². The van der Waals surface area contributed by atoms with E-state index in [0.717, 1.165) is 11.1 Å². The highest BCUT2D eigenvalue weighted by molar-refractivity contribution is 5.83. The number of aromatic nitrogens is 2. The summed E-state index contributed by atoms with van der Waals surface area (Å²) in [6, 6.07) is 7.99. The van der Waals surface area contributed by atoms with Crippen LogP contribution in [0.5, 0.6) is 11.5 Å². The zero-order valence-corrected chi connectivity index (χ0v) is 14.0. The van der Waals surface area contributed by atoms with Gasteiger partial charge in [0.25, 0.3) is 0 Å². The van der Waals surface area contributed by atoms with Crippen LogP contribution in [0.2, 0.25) is 0 Å². The minimum atomic E-state index is -1.23. The van der Waals surface area contributed by atoms with E-state index in [9.17, 15) is 4.39 Å². The molecule has 8 heteroatoms. The predicted octanol–water partition coefficient (Wildman–Crippen LogP) is 2.43. The highest BCUT2D eigenvalue weighted by Gasteiger charge is 2.29. The SMILES string of the molecule is CC1=CC(N)(c2ccc(Oc3ccnc4[nH]ccc34)c(F)c2)N=C(N)N1. The van der Waals surface area contributed by atoms with Crippen LogP contribution in [-0.4, -0.2) is 15.9 Å². The summed E-state index contributed by atoms with van der Waals surface area (Å²) in [5.41, 5.74) is 12.7. The van der Waals surface area contributed by atoms with Gasteiger partial charge in [-0.2, -0.15) is 0 Å². The van der Waals surface area contributed by atoms with E-state index >= 15 is 0 Å². The summed E-state index contributed by atoms with van der Waals surface area (Å²) in [5.74, 6) is 0.217. The Morgan fingerprint density at radius 3 is 2.81 bits per heavy atom. The number of benzene rings is 1. The first-order valence-electron chi connectivity index (χ1n) is 7.95. The van der Waals surface area contributed by atoms with Crippen LogP contribution in [-0.2, 0) is 5.66 Å². The van der Waals surface area contributed by atoms with Gasteiger partial charge in [0.05, 0.1) is 5.39 Å². The summed E-state index contributed by atoms with van der Waals surface area (Å²) in [6.07, 6.45) is 5.02. The second-order valence-corrected chi connectivity index (χ2v) is 6.07. The molecule has 3 aromatic rings. The van der Waals surface area contributed by atoms with Crippen molar-refractivity contribution in [2.24, 2.45) is 16.5 Å². The maximum atomic E-state index is 14.7. The van der Waals surface area contributed by atoms with E-state index < -0.39 is 11.5 Å². The number of ether oxygens (including phenoxy) is 1. The highest BCUT2D eigenvalue weighted by Crippen LogP contribution is 2.33. The second-order valence-electron chi connectivity index (χ2n) is 6.07. The molecule has 1 aliphatic heterocycles. The molecule has 4 rings (SSSR count). The number of rotatable bonds is 3. The van der Waals surface area contributed by atoms with Crippen molar-refractivity contribution in [3.05, 3.63) is 65.9 Å². The van der Waals surface area contributed by atoms with Crippen molar-refractivity contribution in [2.75, 3.05) is 0 Å². The zero-order valence-electron chi connectivity index (χ0n) is 14.0. The van der Waals surface area contributed by atoms with Crippen LogP contribution in [0.1, 0.15) is 12.5 Å². The molecule has 0 bridgehead atoms. The fourth-order valence-corrected chi connectivity index (χ4v) is 2.95. The number of nitrogens with zero attached hydrogens (tertiary/aromatic N) is 2. The molecular formula is C18H17FN6O. The van der Waals surface area contributed by atoms with Crippen molar-refractivity contribution in [3.8, 4) is 11.5 Å². The largest absolute Gasteiger partial charge is 0.453 e. The lowest BCUT2D eigenvalue weighted by Crippen LogP contribution is -2.44. The Hall–Kier alpha value is -3.39. The van der Waals surface area contributed by atoms with Crippen molar-refractivity contribution in [1.82, 2.24) is 15.3 Å². The Bertz CT molecular complexity index is 1040. The predicted molar refractivity (Wildman–Crippen MR) is 96.9 cm³/mol. The van der Waals surface area contributed by atoms with Crippen LogP contribution < -0.4 is 21.5 Å². The first-order chi connectivity index (χ1) is 12.4. The number of nitrogens with two attached hydrogens (primary N) is 2. The zero-order chi connectivity index (χ0) is 18.3. The number of H-pyrrole nitrogens is 1. The Morgan fingerprint density at radius 2 is 2.04 bits per heavy atom. The van der Waals surface area contributed by atoms with Gasteiger partial charge in [-0.3, -0.25) is 5.73 Å². The quantitative estimate of drug-likeness (QED) is 0.578. The first kappa shape index (κ1) is 16.1. The van der Waals surface area contributed by atoms with Gasteiger partial charge in [-0.15, -0.1) is 0 Å².